The average molecular weight is 528 g/mol. The van der Waals surface area contributed by atoms with Gasteiger partial charge in [-0.05, 0) is 62.6 Å². The first-order valence-corrected chi connectivity index (χ1v) is 13.3. The zero-order chi connectivity index (χ0) is 24.9. The van der Waals surface area contributed by atoms with Crippen molar-refractivity contribution in [1.82, 2.24) is 19.7 Å². The van der Waals surface area contributed by atoms with Crippen molar-refractivity contribution in [1.29, 1.82) is 0 Å². The summed E-state index contributed by atoms with van der Waals surface area (Å²) in [6, 6.07) is 11.9. The number of anilines is 1. The molecule has 7 nitrogen and oxygen atoms in total. The van der Waals surface area contributed by atoms with E-state index in [4.69, 9.17) is 16.3 Å². The van der Waals surface area contributed by atoms with E-state index < -0.39 is 0 Å². The van der Waals surface area contributed by atoms with Gasteiger partial charge in [0.15, 0.2) is 16.1 Å². The van der Waals surface area contributed by atoms with Crippen molar-refractivity contribution in [2.45, 2.75) is 46.0 Å². The Kier molecular flexibility index (Phi) is 8.10. The lowest BCUT2D eigenvalue weighted by atomic mass is 10.1. The standard InChI is InChI=1S/C25H26ClN5O2S2/c1-5-31-22(12-33-21-10-15(2)6-9-19(21)26)29-30-25(31)35-14-23(32)28-24-27-20(13-34-24)18-8-7-16(3)17(4)11-18/h6-11,13H,5,12,14H2,1-4H3,(H,27,28,32). The highest BCUT2D eigenvalue weighted by molar-refractivity contribution is 7.99. The molecule has 2 aromatic carbocycles. The number of thiazole rings is 1. The maximum atomic E-state index is 12.6. The number of nitrogens with zero attached hydrogens (tertiary/aromatic N) is 4. The normalized spacial score (nSPS) is 11.0. The van der Waals surface area contributed by atoms with Crippen LogP contribution in [0.1, 0.15) is 29.4 Å². The zero-order valence-electron chi connectivity index (χ0n) is 20.0. The molecule has 0 unspecified atom stereocenters. The van der Waals surface area contributed by atoms with Crippen LogP contribution in [0, 0.1) is 20.8 Å². The molecule has 0 aliphatic heterocycles. The second kappa shape index (κ2) is 11.2. The van der Waals surface area contributed by atoms with E-state index in [9.17, 15) is 4.79 Å². The number of ether oxygens (including phenoxy) is 1. The molecule has 35 heavy (non-hydrogen) atoms. The van der Waals surface area contributed by atoms with Gasteiger partial charge in [-0.3, -0.25) is 4.79 Å². The molecule has 0 spiro atoms. The van der Waals surface area contributed by atoms with Crippen molar-refractivity contribution in [3.05, 3.63) is 69.3 Å². The van der Waals surface area contributed by atoms with Gasteiger partial charge >= 0.3 is 0 Å². The van der Waals surface area contributed by atoms with E-state index in [0.29, 0.717) is 33.4 Å². The molecule has 4 aromatic rings. The Balaban J connectivity index is 1.34. The fraction of sp³-hybridized carbons (Fsp3) is 0.280. The first-order valence-electron chi connectivity index (χ1n) is 11.1. The van der Waals surface area contributed by atoms with Gasteiger partial charge in [0.2, 0.25) is 5.91 Å². The molecular weight excluding hydrogens is 502 g/mol. The molecule has 1 N–H and O–H groups in total. The van der Waals surface area contributed by atoms with Gasteiger partial charge in [-0.2, -0.15) is 0 Å². The van der Waals surface area contributed by atoms with E-state index in [1.165, 1.54) is 34.2 Å². The summed E-state index contributed by atoms with van der Waals surface area (Å²) in [5, 5.41) is 15.1. The first-order chi connectivity index (χ1) is 16.8. The summed E-state index contributed by atoms with van der Waals surface area (Å²) in [5.41, 5.74) is 5.40. The van der Waals surface area contributed by atoms with Crippen molar-refractivity contribution < 1.29 is 9.53 Å². The number of hydrogen-bond donors (Lipinski definition) is 1. The minimum absolute atomic E-state index is 0.147. The van der Waals surface area contributed by atoms with Crippen LogP contribution >= 0.6 is 34.7 Å². The molecular formula is C25H26ClN5O2S2. The van der Waals surface area contributed by atoms with E-state index in [-0.39, 0.29) is 18.3 Å². The summed E-state index contributed by atoms with van der Waals surface area (Å²) in [4.78, 5) is 17.1. The minimum Gasteiger partial charge on any atom is -0.484 e. The molecule has 0 saturated carbocycles. The maximum absolute atomic E-state index is 12.6. The van der Waals surface area contributed by atoms with Gasteiger partial charge in [0, 0.05) is 17.5 Å². The molecule has 2 aromatic heterocycles. The molecule has 10 heteroatoms. The summed E-state index contributed by atoms with van der Waals surface area (Å²) in [6.45, 7) is 9.03. The number of nitrogens with one attached hydrogen (secondary N) is 1. The van der Waals surface area contributed by atoms with Crippen LogP contribution in [0.5, 0.6) is 5.75 Å². The summed E-state index contributed by atoms with van der Waals surface area (Å²) >= 11 is 8.96. The average Bonchev–Trinajstić information content (AvgIpc) is 3.46. The Hall–Kier alpha value is -2.88. The summed E-state index contributed by atoms with van der Waals surface area (Å²) in [7, 11) is 0. The number of aromatic nitrogens is 4. The predicted octanol–water partition coefficient (Wildman–Crippen LogP) is 6.31. The van der Waals surface area contributed by atoms with Gasteiger partial charge in [0.1, 0.15) is 12.4 Å². The predicted molar refractivity (Wildman–Crippen MR) is 143 cm³/mol. The van der Waals surface area contributed by atoms with Crippen LogP contribution < -0.4 is 10.1 Å². The number of aryl methyl sites for hydroxylation is 3. The highest BCUT2D eigenvalue weighted by Crippen LogP contribution is 2.28. The lowest BCUT2D eigenvalue weighted by Gasteiger charge is -2.10. The Morgan fingerprint density at radius 2 is 1.97 bits per heavy atom. The third-order valence-electron chi connectivity index (χ3n) is 5.44. The quantitative estimate of drug-likeness (QED) is 0.257. The number of hydrogen-bond acceptors (Lipinski definition) is 7. The fourth-order valence-electron chi connectivity index (χ4n) is 3.36. The van der Waals surface area contributed by atoms with E-state index in [2.05, 4.69) is 46.5 Å². The van der Waals surface area contributed by atoms with Crippen LogP contribution in [-0.2, 0) is 17.9 Å². The Labute approximate surface area is 217 Å². The third kappa shape index (κ3) is 6.22. The van der Waals surface area contributed by atoms with Crippen molar-refractivity contribution in [2.75, 3.05) is 11.1 Å². The molecule has 2 heterocycles. The SMILES string of the molecule is CCn1c(COc2cc(C)ccc2Cl)nnc1SCC(=O)Nc1nc(-c2ccc(C)c(C)c2)cs1. The van der Waals surface area contributed by atoms with Crippen LogP contribution in [-0.4, -0.2) is 31.4 Å². The van der Waals surface area contributed by atoms with Crippen molar-refractivity contribution >= 4 is 45.7 Å². The first kappa shape index (κ1) is 25.2. The number of benzene rings is 2. The fourth-order valence-corrected chi connectivity index (χ4v) is 5.09. The highest BCUT2D eigenvalue weighted by atomic mass is 35.5. The van der Waals surface area contributed by atoms with E-state index in [1.54, 1.807) is 0 Å². The molecule has 182 valence electrons. The molecule has 0 bridgehead atoms. The molecule has 1 amide bonds. The molecule has 4 rings (SSSR count). The van der Waals surface area contributed by atoms with E-state index in [1.807, 2.05) is 48.1 Å². The zero-order valence-corrected chi connectivity index (χ0v) is 22.4. The summed E-state index contributed by atoms with van der Waals surface area (Å²) < 4.78 is 7.80. The van der Waals surface area contributed by atoms with Crippen LogP contribution in [0.4, 0.5) is 5.13 Å². The number of rotatable bonds is 9. The number of carbonyl (C=O) groups is 1. The Morgan fingerprint density at radius 1 is 1.14 bits per heavy atom. The van der Waals surface area contributed by atoms with E-state index in [0.717, 1.165) is 16.8 Å². The molecule has 0 fully saturated rings. The number of amides is 1. The van der Waals surface area contributed by atoms with Gasteiger partial charge in [-0.25, -0.2) is 4.98 Å². The van der Waals surface area contributed by atoms with Crippen LogP contribution in [0.2, 0.25) is 5.02 Å². The van der Waals surface area contributed by atoms with Crippen LogP contribution in [0.25, 0.3) is 11.3 Å². The Bertz CT molecular complexity index is 1350. The lowest BCUT2D eigenvalue weighted by molar-refractivity contribution is -0.113. The van der Waals surface area contributed by atoms with Crippen molar-refractivity contribution in [3.63, 3.8) is 0 Å². The number of halogens is 1. The highest BCUT2D eigenvalue weighted by Gasteiger charge is 2.15. The van der Waals surface area contributed by atoms with Gasteiger partial charge in [-0.15, -0.1) is 21.5 Å². The number of carbonyl (C=O) groups excluding carboxylic acids is 1. The minimum atomic E-state index is -0.147. The largest absolute Gasteiger partial charge is 0.484 e. The second-order valence-electron chi connectivity index (χ2n) is 8.04. The topological polar surface area (TPSA) is 81.9 Å². The Morgan fingerprint density at radius 3 is 2.74 bits per heavy atom. The maximum Gasteiger partial charge on any atom is 0.236 e. The molecule has 0 atom stereocenters. The monoisotopic (exact) mass is 527 g/mol. The van der Waals surface area contributed by atoms with Gasteiger partial charge in [0.05, 0.1) is 16.5 Å². The molecule has 0 radical (unpaired) electrons. The van der Waals surface area contributed by atoms with Gasteiger partial charge in [-0.1, -0.05) is 41.6 Å². The van der Waals surface area contributed by atoms with Crippen LogP contribution in [0.3, 0.4) is 0 Å². The summed E-state index contributed by atoms with van der Waals surface area (Å²) in [6.07, 6.45) is 0. The van der Waals surface area contributed by atoms with Gasteiger partial charge < -0.3 is 14.6 Å². The molecule has 0 aliphatic rings. The summed E-state index contributed by atoms with van der Waals surface area (Å²) in [5.74, 6) is 1.33. The van der Waals surface area contributed by atoms with Crippen molar-refractivity contribution in [2.24, 2.45) is 0 Å². The third-order valence-corrected chi connectivity index (χ3v) is 7.48. The lowest BCUT2D eigenvalue weighted by Crippen LogP contribution is -2.14. The van der Waals surface area contributed by atoms with E-state index >= 15 is 0 Å². The smallest absolute Gasteiger partial charge is 0.236 e. The van der Waals surface area contributed by atoms with Crippen molar-refractivity contribution in [3.8, 4) is 17.0 Å². The second-order valence-corrected chi connectivity index (χ2v) is 10.2. The molecule has 0 saturated heterocycles. The number of thioether (sulfide) groups is 1. The van der Waals surface area contributed by atoms with Crippen LogP contribution in [0.15, 0.2) is 46.9 Å². The molecule has 0 aliphatic carbocycles. The van der Waals surface area contributed by atoms with Gasteiger partial charge in [0.25, 0.3) is 0 Å².